The molecule has 0 aliphatic rings. The molecule has 0 aliphatic carbocycles. The van der Waals surface area contributed by atoms with E-state index < -0.39 is 0 Å². The van der Waals surface area contributed by atoms with Crippen LogP contribution in [0.4, 0.5) is 0 Å². The van der Waals surface area contributed by atoms with Crippen LogP contribution in [0.1, 0.15) is 30.9 Å². The van der Waals surface area contributed by atoms with Crippen molar-refractivity contribution in [2.24, 2.45) is 0 Å². The van der Waals surface area contributed by atoms with Gasteiger partial charge in [-0.2, -0.15) is 5.10 Å². The van der Waals surface area contributed by atoms with Crippen molar-refractivity contribution in [1.29, 1.82) is 0 Å². The van der Waals surface area contributed by atoms with E-state index in [4.69, 9.17) is 0 Å². The maximum atomic E-state index is 12.6. The minimum absolute atomic E-state index is 0.0340. The fraction of sp³-hybridized carbons (Fsp3) is 0.353. The van der Waals surface area contributed by atoms with Gasteiger partial charge in [-0.25, -0.2) is 4.98 Å². The molecule has 114 valence electrons. The highest BCUT2D eigenvalue weighted by Gasteiger charge is 2.09. The van der Waals surface area contributed by atoms with E-state index in [0.717, 1.165) is 24.9 Å². The third-order valence-electron chi connectivity index (χ3n) is 3.77. The summed E-state index contributed by atoms with van der Waals surface area (Å²) in [7, 11) is 0. The highest BCUT2D eigenvalue weighted by molar-refractivity contribution is 5.72. The Hall–Kier alpha value is -2.43. The van der Waals surface area contributed by atoms with Crippen molar-refractivity contribution in [3.63, 3.8) is 0 Å². The molecule has 0 unspecified atom stereocenters. The summed E-state index contributed by atoms with van der Waals surface area (Å²) in [4.78, 5) is 16.9. The van der Waals surface area contributed by atoms with E-state index in [0.29, 0.717) is 17.6 Å². The topological polar surface area (TPSA) is 52.7 Å². The van der Waals surface area contributed by atoms with Gasteiger partial charge in [-0.15, -0.1) is 0 Å². The predicted octanol–water partition coefficient (Wildman–Crippen LogP) is 2.75. The molecule has 0 bridgehead atoms. The number of fused-ring (bicyclic) bond motifs is 1. The van der Waals surface area contributed by atoms with Crippen molar-refractivity contribution in [2.75, 3.05) is 0 Å². The molecule has 3 aromatic rings. The first-order valence-corrected chi connectivity index (χ1v) is 7.65. The second-order valence-corrected chi connectivity index (χ2v) is 5.65. The summed E-state index contributed by atoms with van der Waals surface area (Å²) < 4.78 is 3.46. The molecule has 22 heavy (non-hydrogen) atoms. The van der Waals surface area contributed by atoms with Crippen LogP contribution in [0.25, 0.3) is 11.0 Å². The van der Waals surface area contributed by atoms with E-state index in [-0.39, 0.29) is 5.56 Å². The Morgan fingerprint density at radius 1 is 1.18 bits per heavy atom. The van der Waals surface area contributed by atoms with Crippen LogP contribution < -0.4 is 5.56 Å². The summed E-state index contributed by atoms with van der Waals surface area (Å²) in [6, 6.07) is 8.18. The van der Waals surface area contributed by atoms with Gasteiger partial charge in [0, 0.05) is 12.7 Å². The average molecular weight is 296 g/mol. The van der Waals surface area contributed by atoms with Gasteiger partial charge in [0.2, 0.25) is 0 Å². The summed E-state index contributed by atoms with van der Waals surface area (Å²) in [6.07, 6.45) is 5.54. The fourth-order valence-corrected chi connectivity index (χ4v) is 2.43. The Labute approximate surface area is 129 Å². The van der Waals surface area contributed by atoms with Gasteiger partial charge in [-0.3, -0.25) is 14.0 Å². The lowest BCUT2D eigenvalue weighted by atomic mass is 10.1. The monoisotopic (exact) mass is 296 g/mol. The fourth-order valence-electron chi connectivity index (χ4n) is 2.43. The summed E-state index contributed by atoms with van der Waals surface area (Å²) in [5.74, 6) is 0. The van der Waals surface area contributed by atoms with Gasteiger partial charge in [0.25, 0.3) is 5.56 Å². The Balaban J connectivity index is 1.92. The number of benzene rings is 1. The zero-order valence-corrected chi connectivity index (χ0v) is 13.0. The first-order valence-electron chi connectivity index (χ1n) is 7.65. The van der Waals surface area contributed by atoms with Crippen molar-refractivity contribution in [2.45, 2.75) is 39.8 Å². The summed E-state index contributed by atoms with van der Waals surface area (Å²) in [5, 5.41) is 4.95. The van der Waals surface area contributed by atoms with Gasteiger partial charge in [-0.05, 0) is 18.9 Å². The molecule has 0 aliphatic heterocycles. The zero-order valence-electron chi connectivity index (χ0n) is 13.0. The smallest absolute Gasteiger partial charge is 0.264 e. The third kappa shape index (κ3) is 2.93. The number of hydrogen-bond acceptors (Lipinski definition) is 3. The number of aromatic nitrogens is 4. The van der Waals surface area contributed by atoms with E-state index in [1.807, 2.05) is 29.9 Å². The number of unbranched alkanes of at least 4 members (excludes halogenated alkanes) is 1. The number of rotatable bonds is 5. The molecule has 0 saturated heterocycles. The van der Waals surface area contributed by atoms with Gasteiger partial charge >= 0.3 is 0 Å². The van der Waals surface area contributed by atoms with E-state index in [1.165, 1.54) is 5.56 Å². The lowest BCUT2D eigenvalue weighted by Crippen LogP contribution is -2.20. The van der Waals surface area contributed by atoms with E-state index >= 15 is 0 Å². The first-order chi connectivity index (χ1) is 10.7. The molecule has 0 N–H and O–H groups in total. The summed E-state index contributed by atoms with van der Waals surface area (Å²) in [6.45, 7) is 5.54. The minimum Gasteiger partial charge on any atom is -0.294 e. The minimum atomic E-state index is -0.0340. The van der Waals surface area contributed by atoms with Crippen LogP contribution in [0.15, 0.2) is 41.6 Å². The molecule has 0 fully saturated rings. The van der Waals surface area contributed by atoms with Crippen LogP contribution in [0.3, 0.4) is 0 Å². The Bertz CT molecular complexity index is 830. The second kappa shape index (κ2) is 6.13. The third-order valence-corrected chi connectivity index (χ3v) is 3.77. The predicted molar refractivity (Wildman–Crippen MR) is 87.0 cm³/mol. The number of hydrogen-bond donors (Lipinski definition) is 0. The zero-order chi connectivity index (χ0) is 15.5. The normalized spacial score (nSPS) is 11.2. The molecule has 0 atom stereocenters. The highest BCUT2D eigenvalue weighted by atomic mass is 16.1. The van der Waals surface area contributed by atoms with Gasteiger partial charge in [-0.1, -0.05) is 43.2 Å². The Kier molecular flexibility index (Phi) is 4.04. The maximum Gasteiger partial charge on any atom is 0.264 e. The van der Waals surface area contributed by atoms with Crippen LogP contribution >= 0.6 is 0 Å². The van der Waals surface area contributed by atoms with Crippen LogP contribution in [0.2, 0.25) is 0 Å². The van der Waals surface area contributed by atoms with Crippen LogP contribution in [0.5, 0.6) is 0 Å². The Morgan fingerprint density at radius 3 is 2.68 bits per heavy atom. The van der Waals surface area contributed by atoms with Gasteiger partial charge in [0.15, 0.2) is 5.65 Å². The van der Waals surface area contributed by atoms with E-state index in [1.54, 1.807) is 10.9 Å². The molecule has 0 spiro atoms. The van der Waals surface area contributed by atoms with E-state index in [9.17, 15) is 4.79 Å². The van der Waals surface area contributed by atoms with Crippen LogP contribution in [-0.4, -0.2) is 19.3 Å². The summed E-state index contributed by atoms with van der Waals surface area (Å²) >= 11 is 0. The van der Waals surface area contributed by atoms with Crippen molar-refractivity contribution in [1.82, 2.24) is 19.3 Å². The molecule has 2 aromatic heterocycles. The van der Waals surface area contributed by atoms with Gasteiger partial charge in [0.1, 0.15) is 11.7 Å². The molecule has 5 nitrogen and oxygen atoms in total. The van der Waals surface area contributed by atoms with Crippen molar-refractivity contribution in [3.8, 4) is 0 Å². The molecule has 3 rings (SSSR count). The molecule has 0 amide bonds. The molecule has 0 radical (unpaired) electrons. The van der Waals surface area contributed by atoms with E-state index in [2.05, 4.69) is 29.1 Å². The SMILES string of the molecule is CCCCn1cc2c(=O)n(Cc3ccc(C)cc3)cnc2n1. The summed E-state index contributed by atoms with van der Waals surface area (Å²) in [5.41, 5.74) is 2.80. The second-order valence-electron chi connectivity index (χ2n) is 5.65. The largest absolute Gasteiger partial charge is 0.294 e. The molecule has 5 heteroatoms. The van der Waals surface area contributed by atoms with Crippen molar-refractivity contribution in [3.05, 3.63) is 58.3 Å². The molecule has 2 heterocycles. The average Bonchev–Trinajstić information content (AvgIpc) is 2.94. The standard InChI is InChI=1S/C17H20N4O/c1-3-4-9-21-11-15-16(19-21)18-12-20(17(15)22)10-14-7-5-13(2)6-8-14/h5-8,11-12H,3-4,9-10H2,1-2H3. The molecule has 0 saturated carbocycles. The van der Waals surface area contributed by atoms with Gasteiger partial charge < -0.3 is 0 Å². The first kappa shape index (κ1) is 14.5. The van der Waals surface area contributed by atoms with Crippen LogP contribution in [0, 0.1) is 6.92 Å². The molecular weight excluding hydrogens is 276 g/mol. The lowest BCUT2D eigenvalue weighted by molar-refractivity contribution is 0.575. The molecular formula is C17H20N4O. The maximum absolute atomic E-state index is 12.6. The lowest BCUT2D eigenvalue weighted by Gasteiger charge is -2.05. The van der Waals surface area contributed by atoms with Crippen LogP contribution in [-0.2, 0) is 13.1 Å². The molecule has 1 aromatic carbocycles. The van der Waals surface area contributed by atoms with Gasteiger partial charge in [0.05, 0.1) is 6.54 Å². The quantitative estimate of drug-likeness (QED) is 0.727. The number of nitrogens with zero attached hydrogens (tertiary/aromatic N) is 4. The van der Waals surface area contributed by atoms with Crippen molar-refractivity contribution >= 4 is 11.0 Å². The highest BCUT2D eigenvalue weighted by Crippen LogP contribution is 2.08. The van der Waals surface area contributed by atoms with Crippen molar-refractivity contribution < 1.29 is 0 Å². The Morgan fingerprint density at radius 2 is 1.95 bits per heavy atom. The number of aryl methyl sites for hydroxylation is 2.